The number of sulfonamides is 1. The molecule has 3 aliphatic rings. The van der Waals surface area contributed by atoms with Gasteiger partial charge in [0, 0.05) is 55.4 Å². The van der Waals surface area contributed by atoms with Gasteiger partial charge in [-0.25, -0.2) is 22.1 Å². The number of likely N-dealkylation sites (tertiary alicyclic amines) is 1. The fraction of sp³-hybridized carbons (Fsp3) is 0.353. The van der Waals surface area contributed by atoms with Gasteiger partial charge in [-0.1, -0.05) is 17.7 Å². The van der Waals surface area contributed by atoms with Crippen molar-refractivity contribution in [2.24, 2.45) is 0 Å². The Morgan fingerprint density at radius 3 is 2.49 bits per heavy atom. The molecule has 0 radical (unpaired) electrons. The number of piperazine rings is 1. The summed E-state index contributed by atoms with van der Waals surface area (Å²) in [6, 6.07) is 14.5. The van der Waals surface area contributed by atoms with Gasteiger partial charge in [-0.3, -0.25) is 14.6 Å². The predicted octanol–water partition coefficient (Wildman–Crippen LogP) is 5.04. The highest BCUT2D eigenvalue weighted by Crippen LogP contribution is 2.56. The number of halogens is 2. The molecule has 1 aromatic heterocycles. The number of ether oxygens (including phenoxy) is 1. The second kappa shape index (κ2) is 12.3. The van der Waals surface area contributed by atoms with E-state index in [1.54, 1.807) is 24.4 Å². The number of nitrogens with zero attached hydrogens (tertiary/aromatic N) is 5. The molecule has 10 nitrogen and oxygen atoms in total. The maximum absolute atomic E-state index is 15.5. The molecule has 0 aliphatic carbocycles. The van der Waals surface area contributed by atoms with Gasteiger partial charge in [-0.15, -0.1) is 0 Å². The van der Waals surface area contributed by atoms with Crippen LogP contribution in [0.1, 0.15) is 41.5 Å². The number of fused-ring (bicyclic) bond motifs is 1. The molecule has 0 N–H and O–H groups in total. The molecule has 246 valence electrons. The molecular formula is C34H35ClFN5O5S. The number of hydrogen-bond donors (Lipinski definition) is 0. The number of carbonyl (C=O) groups excluding carboxylic acids is 1. The third-order valence-corrected chi connectivity index (χ3v) is 11.4. The number of amides is 1. The van der Waals surface area contributed by atoms with E-state index in [0.29, 0.717) is 53.7 Å². The van der Waals surface area contributed by atoms with E-state index in [0.717, 1.165) is 60.3 Å². The van der Waals surface area contributed by atoms with Crippen LogP contribution in [0, 0.1) is 5.82 Å². The molecule has 0 saturated carbocycles. The SMILES string of the molecule is COc1ccc(CN2CCN(C)CC2)cc1C1(N2CCCC2c2ncco2)C(=O)N(S(=O)(=O)c2ccc(F)cc2)c2ccc(Cl)cc21. The van der Waals surface area contributed by atoms with Crippen molar-refractivity contribution in [1.29, 1.82) is 0 Å². The summed E-state index contributed by atoms with van der Waals surface area (Å²) in [4.78, 5) is 26.3. The van der Waals surface area contributed by atoms with Gasteiger partial charge in [0.05, 0.1) is 29.9 Å². The summed E-state index contributed by atoms with van der Waals surface area (Å²) >= 11 is 6.66. The Balaban J connectivity index is 1.47. The molecule has 4 aromatic rings. The zero-order valence-corrected chi connectivity index (χ0v) is 27.7. The van der Waals surface area contributed by atoms with Gasteiger partial charge < -0.3 is 14.1 Å². The van der Waals surface area contributed by atoms with Crippen LogP contribution in [0.15, 0.2) is 82.4 Å². The van der Waals surface area contributed by atoms with Gasteiger partial charge in [0.2, 0.25) is 5.89 Å². The lowest BCUT2D eigenvalue weighted by atomic mass is 9.80. The molecule has 0 spiro atoms. The second-order valence-electron chi connectivity index (χ2n) is 12.2. The Hall–Kier alpha value is -3.81. The number of anilines is 1. The summed E-state index contributed by atoms with van der Waals surface area (Å²) in [5, 5.41) is 0.335. The quantitative estimate of drug-likeness (QED) is 0.254. The van der Waals surface area contributed by atoms with E-state index in [-0.39, 0.29) is 10.6 Å². The van der Waals surface area contributed by atoms with Crippen LogP contribution in [0.4, 0.5) is 10.1 Å². The number of benzene rings is 3. The van der Waals surface area contributed by atoms with Crippen molar-refractivity contribution in [2.45, 2.75) is 35.9 Å². The van der Waals surface area contributed by atoms with E-state index in [4.69, 9.17) is 20.8 Å². The smallest absolute Gasteiger partial charge is 0.271 e. The molecule has 13 heteroatoms. The van der Waals surface area contributed by atoms with Gasteiger partial charge in [0.1, 0.15) is 17.8 Å². The summed E-state index contributed by atoms with van der Waals surface area (Å²) in [6.45, 7) is 4.74. The topological polar surface area (TPSA) is 99.4 Å². The maximum Gasteiger partial charge on any atom is 0.271 e. The number of methoxy groups -OCH3 is 1. The van der Waals surface area contributed by atoms with Crippen molar-refractivity contribution in [3.05, 3.63) is 107 Å². The van der Waals surface area contributed by atoms with Crippen molar-refractivity contribution in [2.75, 3.05) is 51.2 Å². The van der Waals surface area contributed by atoms with Crippen molar-refractivity contribution < 1.29 is 26.8 Å². The van der Waals surface area contributed by atoms with Crippen molar-refractivity contribution in [3.63, 3.8) is 0 Å². The Bertz CT molecular complexity index is 1900. The zero-order chi connectivity index (χ0) is 32.9. The summed E-state index contributed by atoms with van der Waals surface area (Å²) < 4.78 is 55.3. The molecule has 2 saturated heterocycles. The minimum Gasteiger partial charge on any atom is -0.496 e. The standard InChI is InChI=1S/C34H35ClFN5O5S/c1-38-15-17-39(18-16-38)22-23-5-12-31(45-2)28(20-23)34(40-14-3-4-30(40)32-37-13-19-46-32)27-21-24(35)6-11-29(27)41(33(34)42)47(43,44)26-9-7-25(36)8-10-26/h5-13,19-21,30H,3-4,14-18,22H2,1-2H3. The first-order chi connectivity index (χ1) is 22.6. The first-order valence-electron chi connectivity index (χ1n) is 15.5. The molecule has 1 amide bonds. The van der Waals surface area contributed by atoms with E-state index in [2.05, 4.69) is 21.8 Å². The maximum atomic E-state index is 15.5. The number of hydrogen-bond acceptors (Lipinski definition) is 9. The van der Waals surface area contributed by atoms with Crippen LogP contribution < -0.4 is 9.04 Å². The number of rotatable bonds is 8. The molecule has 2 atom stereocenters. The average Bonchev–Trinajstić information content (AvgIpc) is 3.81. The van der Waals surface area contributed by atoms with Crippen LogP contribution in [-0.4, -0.2) is 80.9 Å². The van der Waals surface area contributed by atoms with Gasteiger partial charge >= 0.3 is 0 Å². The zero-order valence-electron chi connectivity index (χ0n) is 26.1. The molecule has 4 heterocycles. The van der Waals surface area contributed by atoms with E-state index < -0.39 is 33.3 Å². The molecule has 3 aliphatic heterocycles. The van der Waals surface area contributed by atoms with Gasteiger partial charge in [-0.2, -0.15) is 0 Å². The average molecular weight is 680 g/mol. The highest BCUT2D eigenvalue weighted by atomic mass is 35.5. The van der Waals surface area contributed by atoms with Crippen LogP contribution >= 0.6 is 11.6 Å². The number of likely N-dealkylation sites (N-methyl/N-ethyl adjacent to an activating group) is 1. The lowest BCUT2D eigenvalue weighted by Gasteiger charge is -2.41. The fourth-order valence-corrected chi connectivity index (χ4v) is 8.85. The van der Waals surface area contributed by atoms with Crippen molar-refractivity contribution in [3.8, 4) is 5.75 Å². The number of carbonyl (C=O) groups is 1. The van der Waals surface area contributed by atoms with Gasteiger partial charge in [0.25, 0.3) is 15.9 Å². The summed E-state index contributed by atoms with van der Waals surface area (Å²) in [6.07, 6.45) is 4.37. The first-order valence-corrected chi connectivity index (χ1v) is 17.4. The molecule has 3 aromatic carbocycles. The van der Waals surface area contributed by atoms with Crippen LogP contribution in [0.2, 0.25) is 5.02 Å². The minimum absolute atomic E-state index is 0.160. The van der Waals surface area contributed by atoms with Crippen LogP contribution in [0.25, 0.3) is 0 Å². The molecule has 2 fully saturated rings. The summed E-state index contributed by atoms with van der Waals surface area (Å²) in [5.74, 6) is -0.463. The molecule has 0 bridgehead atoms. The number of aromatic nitrogens is 1. The fourth-order valence-electron chi connectivity index (χ4n) is 7.21. The Morgan fingerprint density at radius 2 is 1.79 bits per heavy atom. The van der Waals surface area contributed by atoms with E-state index in [9.17, 15) is 12.8 Å². The number of oxazole rings is 1. The minimum atomic E-state index is -4.51. The predicted molar refractivity (Wildman–Crippen MR) is 174 cm³/mol. The normalized spacial score (nSPS) is 22.6. The monoisotopic (exact) mass is 679 g/mol. The van der Waals surface area contributed by atoms with Crippen LogP contribution in [0.5, 0.6) is 5.75 Å². The van der Waals surface area contributed by atoms with Crippen LogP contribution in [-0.2, 0) is 26.9 Å². The summed E-state index contributed by atoms with van der Waals surface area (Å²) in [7, 11) is -0.874. The van der Waals surface area contributed by atoms with E-state index in [1.807, 2.05) is 23.1 Å². The second-order valence-corrected chi connectivity index (χ2v) is 14.5. The Kier molecular flexibility index (Phi) is 8.34. The lowest BCUT2D eigenvalue weighted by molar-refractivity contribution is -0.127. The summed E-state index contributed by atoms with van der Waals surface area (Å²) in [5.41, 5.74) is 0.303. The van der Waals surface area contributed by atoms with E-state index in [1.165, 1.54) is 13.4 Å². The van der Waals surface area contributed by atoms with Gasteiger partial charge in [0.15, 0.2) is 5.54 Å². The lowest BCUT2D eigenvalue weighted by Crippen LogP contribution is -2.54. The van der Waals surface area contributed by atoms with E-state index >= 15 is 4.79 Å². The Labute approximate surface area is 278 Å². The van der Waals surface area contributed by atoms with Crippen molar-refractivity contribution >= 4 is 33.2 Å². The third-order valence-electron chi connectivity index (χ3n) is 9.49. The molecule has 2 unspecified atom stereocenters. The highest BCUT2D eigenvalue weighted by molar-refractivity contribution is 7.93. The first kappa shape index (κ1) is 31.8. The largest absolute Gasteiger partial charge is 0.496 e. The third kappa shape index (κ3) is 5.32. The highest BCUT2D eigenvalue weighted by Gasteiger charge is 2.62. The van der Waals surface area contributed by atoms with Crippen LogP contribution in [0.3, 0.4) is 0 Å². The Morgan fingerprint density at radius 1 is 1.02 bits per heavy atom. The molecule has 47 heavy (non-hydrogen) atoms. The molecular weight excluding hydrogens is 645 g/mol. The van der Waals surface area contributed by atoms with Gasteiger partial charge in [-0.05, 0) is 80.1 Å². The van der Waals surface area contributed by atoms with Crippen molar-refractivity contribution in [1.82, 2.24) is 19.7 Å². The molecule has 7 rings (SSSR count).